The van der Waals surface area contributed by atoms with E-state index in [-0.39, 0.29) is 17.4 Å². The Morgan fingerprint density at radius 1 is 1.57 bits per heavy atom. The highest BCUT2D eigenvalue weighted by Crippen LogP contribution is 2.28. The fraction of sp³-hybridized carbons (Fsp3) is 0.333. The molecule has 1 N–H and O–H groups in total. The van der Waals surface area contributed by atoms with Gasteiger partial charge in [0.15, 0.2) is 0 Å². The first-order valence-corrected chi connectivity index (χ1v) is 7.25. The zero-order chi connectivity index (χ0) is 16.2. The standard InChI is InChI=1S/C15H15N5O3/c16-7-11-3-4-14(15(6-11)20(21)22)18-12-8-17-19(9-12)10-13-2-1-5-23-13/h3-4,6,8-9,13,18H,1-2,5,10H2. The summed E-state index contributed by atoms with van der Waals surface area (Å²) < 4.78 is 7.32. The van der Waals surface area contributed by atoms with Gasteiger partial charge in [-0.15, -0.1) is 0 Å². The average molecular weight is 313 g/mol. The van der Waals surface area contributed by atoms with Gasteiger partial charge in [-0.1, -0.05) is 0 Å². The lowest BCUT2D eigenvalue weighted by Gasteiger charge is -2.08. The summed E-state index contributed by atoms with van der Waals surface area (Å²) in [5.41, 5.74) is 1.08. The van der Waals surface area contributed by atoms with Crippen LogP contribution in [0.15, 0.2) is 30.6 Å². The molecule has 0 amide bonds. The topological polar surface area (TPSA) is 106 Å². The van der Waals surface area contributed by atoms with Crippen molar-refractivity contribution in [3.8, 4) is 6.07 Å². The largest absolute Gasteiger partial charge is 0.376 e. The molecule has 2 heterocycles. The summed E-state index contributed by atoms with van der Waals surface area (Å²) in [4.78, 5) is 10.6. The Labute approximate surface area is 132 Å². The number of benzene rings is 1. The van der Waals surface area contributed by atoms with Gasteiger partial charge in [-0.2, -0.15) is 10.4 Å². The molecule has 1 atom stereocenters. The molecule has 1 aromatic carbocycles. The Morgan fingerprint density at radius 2 is 2.43 bits per heavy atom. The van der Waals surface area contributed by atoms with Crippen molar-refractivity contribution in [1.82, 2.24) is 9.78 Å². The molecule has 0 spiro atoms. The normalized spacial score (nSPS) is 16.9. The number of nitro groups is 1. The van der Waals surface area contributed by atoms with Crippen molar-refractivity contribution in [2.75, 3.05) is 11.9 Å². The Kier molecular flexibility index (Phi) is 4.21. The zero-order valence-electron chi connectivity index (χ0n) is 12.3. The van der Waals surface area contributed by atoms with E-state index in [4.69, 9.17) is 10.00 Å². The van der Waals surface area contributed by atoms with E-state index < -0.39 is 4.92 Å². The third kappa shape index (κ3) is 3.46. The van der Waals surface area contributed by atoms with Crippen LogP contribution in [0.4, 0.5) is 17.1 Å². The summed E-state index contributed by atoms with van der Waals surface area (Å²) in [5, 5.41) is 27.2. The summed E-state index contributed by atoms with van der Waals surface area (Å²) in [6.45, 7) is 1.45. The zero-order valence-corrected chi connectivity index (χ0v) is 12.3. The minimum atomic E-state index is -0.514. The molecule has 23 heavy (non-hydrogen) atoms. The van der Waals surface area contributed by atoms with Crippen LogP contribution in [-0.2, 0) is 11.3 Å². The van der Waals surface area contributed by atoms with Gasteiger partial charge in [0.2, 0.25) is 0 Å². The van der Waals surface area contributed by atoms with Crippen molar-refractivity contribution in [3.05, 3.63) is 46.3 Å². The Bertz CT molecular complexity index is 759. The number of hydrogen-bond donors (Lipinski definition) is 1. The fourth-order valence-electron chi connectivity index (χ4n) is 2.54. The number of nitro benzene ring substituents is 1. The molecule has 8 nitrogen and oxygen atoms in total. The van der Waals surface area contributed by atoms with Crippen LogP contribution in [0.1, 0.15) is 18.4 Å². The van der Waals surface area contributed by atoms with Crippen molar-refractivity contribution >= 4 is 17.1 Å². The minimum Gasteiger partial charge on any atom is -0.376 e. The number of ether oxygens (including phenoxy) is 1. The number of hydrogen-bond acceptors (Lipinski definition) is 6. The van der Waals surface area contributed by atoms with E-state index in [0.717, 1.165) is 19.4 Å². The monoisotopic (exact) mass is 313 g/mol. The number of nitrogens with one attached hydrogen (secondary N) is 1. The first kappa shape index (κ1) is 15.0. The van der Waals surface area contributed by atoms with Crippen LogP contribution < -0.4 is 5.32 Å². The van der Waals surface area contributed by atoms with Gasteiger partial charge in [-0.25, -0.2) is 0 Å². The second-order valence-corrected chi connectivity index (χ2v) is 5.31. The van der Waals surface area contributed by atoms with E-state index >= 15 is 0 Å². The lowest BCUT2D eigenvalue weighted by atomic mass is 10.2. The van der Waals surface area contributed by atoms with Gasteiger partial charge in [-0.3, -0.25) is 14.8 Å². The molecule has 0 radical (unpaired) electrons. The van der Waals surface area contributed by atoms with Crippen LogP contribution in [0.5, 0.6) is 0 Å². The van der Waals surface area contributed by atoms with E-state index in [1.54, 1.807) is 17.1 Å². The van der Waals surface area contributed by atoms with Crippen LogP contribution in [0.25, 0.3) is 0 Å². The van der Waals surface area contributed by atoms with Gasteiger partial charge in [0.05, 0.1) is 41.1 Å². The van der Waals surface area contributed by atoms with Crippen LogP contribution in [0.3, 0.4) is 0 Å². The number of aromatic nitrogens is 2. The van der Waals surface area contributed by atoms with Crippen LogP contribution in [-0.4, -0.2) is 27.4 Å². The summed E-state index contributed by atoms with van der Waals surface area (Å²) in [6, 6.07) is 6.20. The molecule has 1 fully saturated rings. The molecule has 0 bridgehead atoms. The summed E-state index contributed by atoms with van der Waals surface area (Å²) >= 11 is 0. The molecule has 3 rings (SSSR count). The molecular formula is C15H15N5O3. The highest BCUT2D eigenvalue weighted by molar-refractivity contribution is 5.70. The van der Waals surface area contributed by atoms with E-state index in [2.05, 4.69) is 10.4 Å². The van der Waals surface area contributed by atoms with Crippen molar-refractivity contribution in [3.63, 3.8) is 0 Å². The molecule has 118 valence electrons. The predicted molar refractivity (Wildman–Crippen MR) is 82.3 cm³/mol. The molecular weight excluding hydrogens is 298 g/mol. The Balaban J connectivity index is 1.75. The van der Waals surface area contributed by atoms with Crippen LogP contribution >= 0.6 is 0 Å². The molecule has 0 saturated carbocycles. The first-order valence-electron chi connectivity index (χ1n) is 7.25. The average Bonchev–Trinajstić information content (AvgIpc) is 3.20. The molecule has 0 aliphatic carbocycles. The number of nitrogens with zero attached hydrogens (tertiary/aromatic N) is 4. The first-order chi connectivity index (χ1) is 11.2. The molecule has 8 heteroatoms. The number of anilines is 2. The quantitative estimate of drug-likeness (QED) is 0.671. The molecule has 1 aromatic heterocycles. The van der Waals surface area contributed by atoms with Crippen LogP contribution in [0, 0.1) is 21.4 Å². The summed E-state index contributed by atoms with van der Waals surface area (Å²) in [6.07, 6.45) is 5.64. The lowest BCUT2D eigenvalue weighted by Crippen LogP contribution is -2.15. The second-order valence-electron chi connectivity index (χ2n) is 5.31. The number of nitriles is 1. The minimum absolute atomic E-state index is 0.143. The van der Waals surface area contributed by atoms with E-state index in [1.807, 2.05) is 6.07 Å². The van der Waals surface area contributed by atoms with Gasteiger partial charge in [0.25, 0.3) is 5.69 Å². The van der Waals surface area contributed by atoms with E-state index in [0.29, 0.717) is 17.9 Å². The molecule has 1 unspecified atom stereocenters. The summed E-state index contributed by atoms with van der Waals surface area (Å²) in [5.74, 6) is 0. The highest BCUT2D eigenvalue weighted by atomic mass is 16.6. The van der Waals surface area contributed by atoms with Crippen molar-refractivity contribution in [2.24, 2.45) is 0 Å². The maximum Gasteiger partial charge on any atom is 0.293 e. The maximum atomic E-state index is 11.1. The van der Waals surface area contributed by atoms with Crippen molar-refractivity contribution in [1.29, 1.82) is 5.26 Å². The van der Waals surface area contributed by atoms with Crippen molar-refractivity contribution < 1.29 is 9.66 Å². The fourth-order valence-corrected chi connectivity index (χ4v) is 2.54. The van der Waals surface area contributed by atoms with Gasteiger partial charge in [-0.05, 0) is 25.0 Å². The van der Waals surface area contributed by atoms with Gasteiger partial charge >= 0.3 is 0 Å². The highest BCUT2D eigenvalue weighted by Gasteiger charge is 2.18. The van der Waals surface area contributed by atoms with E-state index in [9.17, 15) is 10.1 Å². The predicted octanol–water partition coefficient (Wildman–Crippen LogP) is 2.59. The third-order valence-corrected chi connectivity index (χ3v) is 3.65. The van der Waals surface area contributed by atoms with Gasteiger partial charge < -0.3 is 10.1 Å². The SMILES string of the molecule is N#Cc1ccc(Nc2cnn(CC3CCCO3)c2)c([N+](=O)[O-])c1. The third-order valence-electron chi connectivity index (χ3n) is 3.65. The van der Waals surface area contributed by atoms with E-state index in [1.165, 1.54) is 18.2 Å². The Hall–Kier alpha value is -2.92. The summed E-state index contributed by atoms with van der Waals surface area (Å²) in [7, 11) is 0. The molecule has 1 aliphatic heterocycles. The molecule has 1 aliphatic rings. The smallest absolute Gasteiger partial charge is 0.293 e. The van der Waals surface area contributed by atoms with Crippen molar-refractivity contribution in [2.45, 2.75) is 25.5 Å². The second kappa shape index (κ2) is 6.46. The number of rotatable bonds is 5. The van der Waals surface area contributed by atoms with Gasteiger partial charge in [0.1, 0.15) is 5.69 Å². The maximum absolute atomic E-state index is 11.1. The Morgan fingerprint density at radius 3 is 3.13 bits per heavy atom. The van der Waals surface area contributed by atoms with Crippen LogP contribution in [0.2, 0.25) is 0 Å². The molecule has 2 aromatic rings. The van der Waals surface area contributed by atoms with Gasteiger partial charge in [0, 0.05) is 18.9 Å². The lowest BCUT2D eigenvalue weighted by molar-refractivity contribution is -0.383. The molecule has 1 saturated heterocycles.